The van der Waals surface area contributed by atoms with Gasteiger partial charge >= 0.3 is 0 Å². The van der Waals surface area contributed by atoms with Crippen LogP contribution >= 0.6 is 0 Å². The van der Waals surface area contributed by atoms with Crippen molar-refractivity contribution in [1.29, 1.82) is 0 Å². The third kappa shape index (κ3) is 3.76. The van der Waals surface area contributed by atoms with E-state index < -0.39 is 0 Å². The van der Waals surface area contributed by atoms with E-state index in [9.17, 15) is 5.11 Å². The minimum atomic E-state index is 0.335. The zero-order valence-corrected chi connectivity index (χ0v) is 13.0. The number of rotatable bonds is 3. The number of aromatic hydroxyl groups is 1. The molecule has 0 aliphatic rings. The van der Waals surface area contributed by atoms with Crippen LogP contribution in [0.1, 0.15) is 63.6 Å². The third-order valence-electron chi connectivity index (χ3n) is 3.75. The first-order valence-corrected chi connectivity index (χ1v) is 6.92. The van der Waals surface area contributed by atoms with Gasteiger partial charge in [-0.1, -0.05) is 52.3 Å². The number of hydrogen-bond donors (Lipinski definition) is 1. The summed E-state index contributed by atoms with van der Waals surface area (Å²) in [5, 5.41) is 10.2. The zero-order chi connectivity index (χ0) is 14.1. The normalized spacial score (nSPS) is 15.5. The lowest BCUT2D eigenvalue weighted by atomic mass is 9.77. The molecule has 2 unspecified atom stereocenters. The number of phenolic OH excluding ortho intramolecular Hbond substituents is 1. The summed E-state index contributed by atoms with van der Waals surface area (Å²) in [7, 11) is 0. The zero-order valence-electron chi connectivity index (χ0n) is 13.0. The van der Waals surface area contributed by atoms with E-state index in [0.29, 0.717) is 23.0 Å². The first-order chi connectivity index (χ1) is 8.11. The highest BCUT2D eigenvalue weighted by Crippen LogP contribution is 2.38. The Morgan fingerprint density at radius 3 is 2.17 bits per heavy atom. The molecule has 1 N–H and O–H groups in total. The van der Waals surface area contributed by atoms with E-state index in [1.165, 1.54) is 12.0 Å². The van der Waals surface area contributed by atoms with Crippen molar-refractivity contribution in [1.82, 2.24) is 0 Å². The quantitative estimate of drug-likeness (QED) is 0.781. The minimum Gasteiger partial charge on any atom is -0.507 e. The number of benzene rings is 1. The first-order valence-electron chi connectivity index (χ1n) is 6.92. The Hall–Kier alpha value is -0.980. The largest absolute Gasteiger partial charge is 0.507 e. The number of aryl methyl sites for hydroxylation is 2. The van der Waals surface area contributed by atoms with Crippen LogP contribution in [-0.2, 0) is 0 Å². The molecule has 0 saturated heterocycles. The van der Waals surface area contributed by atoms with Gasteiger partial charge in [0.15, 0.2) is 0 Å². The molecule has 1 aromatic rings. The van der Waals surface area contributed by atoms with Gasteiger partial charge in [-0.05, 0) is 48.6 Å². The standard InChI is InChI=1S/C17H28O/c1-11-8-12(2)16(18)15(9-11)14(4)13(3)10-17(5,6)7/h8-9,13-14,18H,10H2,1-7H3. The molecule has 18 heavy (non-hydrogen) atoms. The maximum absolute atomic E-state index is 10.2. The molecule has 0 radical (unpaired) electrons. The second kappa shape index (κ2) is 5.34. The Morgan fingerprint density at radius 1 is 1.11 bits per heavy atom. The van der Waals surface area contributed by atoms with E-state index in [2.05, 4.69) is 47.6 Å². The van der Waals surface area contributed by atoms with E-state index in [4.69, 9.17) is 0 Å². The highest BCUT2D eigenvalue weighted by molar-refractivity contribution is 5.44. The third-order valence-corrected chi connectivity index (χ3v) is 3.75. The van der Waals surface area contributed by atoms with Crippen LogP contribution in [0.5, 0.6) is 5.75 Å². The van der Waals surface area contributed by atoms with Crippen LogP contribution in [0.2, 0.25) is 0 Å². The van der Waals surface area contributed by atoms with Gasteiger partial charge in [0.1, 0.15) is 5.75 Å². The average Bonchev–Trinajstić information content (AvgIpc) is 2.19. The molecule has 0 aliphatic heterocycles. The van der Waals surface area contributed by atoms with Crippen LogP contribution in [0.25, 0.3) is 0 Å². The van der Waals surface area contributed by atoms with Crippen molar-refractivity contribution < 1.29 is 5.11 Å². The average molecular weight is 248 g/mol. The van der Waals surface area contributed by atoms with Gasteiger partial charge < -0.3 is 5.11 Å². The summed E-state index contributed by atoms with van der Waals surface area (Å²) in [5.74, 6) is 1.44. The van der Waals surface area contributed by atoms with Gasteiger partial charge in [0.25, 0.3) is 0 Å². The van der Waals surface area contributed by atoms with Gasteiger partial charge in [0, 0.05) is 0 Å². The molecule has 0 fully saturated rings. The molecule has 0 amide bonds. The van der Waals surface area contributed by atoms with Crippen LogP contribution < -0.4 is 0 Å². The van der Waals surface area contributed by atoms with Crippen molar-refractivity contribution in [3.63, 3.8) is 0 Å². The van der Waals surface area contributed by atoms with Crippen molar-refractivity contribution in [2.45, 2.75) is 60.8 Å². The second-order valence-electron chi connectivity index (χ2n) is 7.05. The first kappa shape index (κ1) is 15.1. The lowest BCUT2D eigenvalue weighted by molar-refractivity contribution is 0.280. The van der Waals surface area contributed by atoms with Gasteiger partial charge in [-0.15, -0.1) is 0 Å². The van der Waals surface area contributed by atoms with E-state index in [-0.39, 0.29) is 0 Å². The maximum atomic E-state index is 10.2. The number of hydrogen-bond acceptors (Lipinski definition) is 1. The highest BCUT2D eigenvalue weighted by Gasteiger charge is 2.23. The van der Waals surface area contributed by atoms with Crippen LogP contribution in [-0.4, -0.2) is 5.11 Å². The monoisotopic (exact) mass is 248 g/mol. The van der Waals surface area contributed by atoms with Crippen molar-refractivity contribution in [2.24, 2.45) is 11.3 Å². The summed E-state index contributed by atoms with van der Waals surface area (Å²) in [6.07, 6.45) is 1.17. The summed E-state index contributed by atoms with van der Waals surface area (Å²) in [5.41, 5.74) is 3.65. The predicted molar refractivity (Wildman–Crippen MR) is 79.2 cm³/mol. The summed E-state index contributed by atoms with van der Waals surface area (Å²) >= 11 is 0. The molecule has 0 aromatic heterocycles. The molecule has 102 valence electrons. The molecular weight excluding hydrogens is 220 g/mol. The molecule has 2 atom stereocenters. The van der Waals surface area contributed by atoms with Crippen molar-refractivity contribution in [3.8, 4) is 5.75 Å². The van der Waals surface area contributed by atoms with Crippen molar-refractivity contribution in [2.75, 3.05) is 0 Å². The predicted octanol–water partition coefficient (Wildman–Crippen LogP) is 5.18. The molecule has 0 saturated carbocycles. The topological polar surface area (TPSA) is 20.2 Å². The van der Waals surface area contributed by atoms with Crippen LogP contribution in [0, 0.1) is 25.2 Å². The molecular formula is C17H28O. The molecule has 1 aromatic carbocycles. The summed E-state index contributed by atoms with van der Waals surface area (Å²) in [6.45, 7) is 15.4. The Kier molecular flexibility index (Phi) is 4.47. The Labute approximate surface area is 112 Å². The second-order valence-corrected chi connectivity index (χ2v) is 7.05. The van der Waals surface area contributed by atoms with E-state index in [1.54, 1.807) is 0 Å². The van der Waals surface area contributed by atoms with Gasteiger partial charge in [-0.2, -0.15) is 0 Å². The molecule has 0 heterocycles. The molecule has 1 heteroatoms. The maximum Gasteiger partial charge on any atom is 0.121 e. The van der Waals surface area contributed by atoms with E-state index in [1.807, 2.05) is 13.0 Å². The molecule has 0 spiro atoms. The highest BCUT2D eigenvalue weighted by atomic mass is 16.3. The Balaban J connectivity index is 3.00. The lowest BCUT2D eigenvalue weighted by Crippen LogP contribution is -2.16. The summed E-state index contributed by atoms with van der Waals surface area (Å²) < 4.78 is 0. The molecule has 0 bridgehead atoms. The van der Waals surface area contributed by atoms with E-state index in [0.717, 1.165) is 11.1 Å². The van der Waals surface area contributed by atoms with Gasteiger partial charge in [0.05, 0.1) is 0 Å². The van der Waals surface area contributed by atoms with Crippen LogP contribution in [0.3, 0.4) is 0 Å². The van der Waals surface area contributed by atoms with Crippen LogP contribution in [0.15, 0.2) is 12.1 Å². The van der Waals surface area contributed by atoms with Gasteiger partial charge in [0.2, 0.25) is 0 Å². The fraction of sp³-hybridized carbons (Fsp3) is 0.647. The molecule has 0 aliphatic carbocycles. The van der Waals surface area contributed by atoms with Gasteiger partial charge in [-0.3, -0.25) is 0 Å². The fourth-order valence-corrected chi connectivity index (χ4v) is 2.79. The fourth-order valence-electron chi connectivity index (χ4n) is 2.79. The summed E-state index contributed by atoms with van der Waals surface area (Å²) in [6, 6.07) is 4.17. The van der Waals surface area contributed by atoms with E-state index >= 15 is 0 Å². The lowest BCUT2D eigenvalue weighted by Gasteiger charge is -2.28. The minimum absolute atomic E-state index is 0.335. The number of phenols is 1. The van der Waals surface area contributed by atoms with Crippen LogP contribution in [0.4, 0.5) is 0 Å². The Bertz CT molecular complexity index is 412. The van der Waals surface area contributed by atoms with Crippen molar-refractivity contribution in [3.05, 3.63) is 28.8 Å². The Morgan fingerprint density at radius 2 is 1.67 bits per heavy atom. The summed E-state index contributed by atoms with van der Waals surface area (Å²) in [4.78, 5) is 0. The van der Waals surface area contributed by atoms with Crippen molar-refractivity contribution >= 4 is 0 Å². The molecule has 1 rings (SSSR count). The smallest absolute Gasteiger partial charge is 0.121 e. The SMILES string of the molecule is Cc1cc(C)c(O)c(C(C)C(C)CC(C)(C)C)c1. The molecule has 1 nitrogen and oxygen atoms in total. The van der Waals surface area contributed by atoms with Gasteiger partial charge in [-0.25, -0.2) is 0 Å².